The van der Waals surface area contributed by atoms with Crippen LogP contribution in [0.1, 0.15) is 30.7 Å². The first-order valence-corrected chi connectivity index (χ1v) is 7.48. The maximum atomic E-state index is 11.3. The Morgan fingerprint density at radius 1 is 1.30 bits per heavy atom. The van der Waals surface area contributed by atoms with E-state index in [0.717, 1.165) is 32.4 Å². The first kappa shape index (κ1) is 13.6. The Hall–Kier alpha value is -1.39. The predicted molar refractivity (Wildman–Crippen MR) is 77.8 cm³/mol. The smallest absolute Gasteiger partial charge is 0.322 e. The Labute approximate surface area is 119 Å². The largest absolute Gasteiger partial charge is 0.480 e. The van der Waals surface area contributed by atoms with Gasteiger partial charge in [-0.05, 0) is 37.3 Å². The van der Waals surface area contributed by atoms with Crippen molar-refractivity contribution in [3.63, 3.8) is 0 Å². The van der Waals surface area contributed by atoms with Gasteiger partial charge in [0.05, 0.1) is 0 Å². The highest BCUT2D eigenvalue weighted by atomic mass is 16.4. The first-order chi connectivity index (χ1) is 9.72. The van der Waals surface area contributed by atoms with Crippen molar-refractivity contribution in [3.05, 3.63) is 35.9 Å². The number of nitrogens with one attached hydrogen (secondary N) is 1. The van der Waals surface area contributed by atoms with Crippen molar-refractivity contribution in [3.8, 4) is 0 Å². The molecule has 2 fully saturated rings. The molecule has 0 radical (unpaired) electrons. The molecule has 1 aromatic rings. The third-order valence-electron chi connectivity index (χ3n) is 4.30. The molecule has 2 aliphatic rings. The quantitative estimate of drug-likeness (QED) is 0.829. The minimum Gasteiger partial charge on any atom is -0.480 e. The van der Waals surface area contributed by atoms with Crippen molar-refractivity contribution in [2.24, 2.45) is 0 Å². The summed E-state index contributed by atoms with van der Waals surface area (Å²) in [7, 11) is 0. The molecule has 0 bridgehead atoms. The molecular weight excluding hydrogens is 252 g/mol. The van der Waals surface area contributed by atoms with Gasteiger partial charge in [0.15, 0.2) is 0 Å². The summed E-state index contributed by atoms with van der Waals surface area (Å²) in [5.74, 6) is -0.174. The monoisotopic (exact) mass is 274 g/mol. The summed E-state index contributed by atoms with van der Waals surface area (Å²) in [6.45, 7) is 2.59. The molecule has 2 N–H and O–H groups in total. The number of carboxylic acids is 1. The van der Waals surface area contributed by atoms with Crippen molar-refractivity contribution < 1.29 is 9.90 Å². The molecule has 2 unspecified atom stereocenters. The van der Waals surface area contributed by atoms with Gasteiger partial charge >= 0.3 is 5.97 Å². The molecule has 4 nitrogen and oxygen atoms in total. The number of carboxylic acid groups (broad SMARTS) is 1. The zero-order valence-corrected chi connectivity index (χ0v) is 11.7. The van der Waals surface area contributed by atoms with Gasteiger partial charge in [-0.2, -0.15) is 0 Å². The average Bonchev–Trinajstić information content (AvgIpc) is 3.15. The number of carbonyl (C=O) groups is 1. The maximum absolute atomic E-state index is 11.3. The Morgan fingerprint density at radius 3 is 2.70 bits per heavy atom. The molecule has 0 aromatic heterocycles. The summed E-state index contributed by atoms with van der Waals surface area (Å²) in [4.78, 5) is 13.6. The van der Waals surface area contributed by atoms with Crippen LogP contribution in [-0.4, -0.2) is 47.7 Å². The summed E-state index contributed by atoms with van der Waals surface area (Å²) in [6.07, 6.45) is 3.37. The van der Waals surface area contributed by atoms with Crippen LogP contribution in [0.4, 0.5) is 0 Å². The number of rotatable bonds is 6. The lowest BCUT2D eigenvalue weighted by atomic mass is 9.99. The molecular formula is C16H22N2O2. The summed E-state index contributed by atoms with van der Waals surface area (Å²) < 4.78 is 0. The van der Waals surface area contributed by atoms with Crippen LogP contribution in [-0.2, 0) is 4.79 Å². The highest BCUT2D eigenvalue weighted by molar-refractivity contribution is 5.73. The summed E-state index contributed by atoms with van der Waals surface area (Å²) >= 11 is 0. The number of benzene rings is 1. The lowest BCUT2D eigenvalue weighted by Crippen LogP contribution is -2.46. The van der Waals surface area contributed by atoms with Crippen LogP contribution in [0.15, 0.2) is 30.3 Å². The fourth-order valence-corrected chi connectivity index (χ4v) is 2.99. The van der Waals surface area contributed by atoms with Crippen molar-refractivity contribution in [1.29, 1.82) is 0 Å². The molecule has 2 atom stereocenters. The van der Waals surface area contributed by atoms with Crippen LogP contribution in [0, 0.1) is 0 Å². The van der Waals surface area contributed by atoms with Crippen LogP contribution in [0.3, 0.4) is 0 Å². The molecule has 1 saturated carbocycles. The Kier molecular flexibility index (Phi) is 4.03. The third kappa shape index (κ3) is 3.38. The minimum atomic E-state index is -0.722. The van der Waals surface area contributed by atoms with Crippen LogP contribution in [0.25, 0.3) is 0 Å². The van der Waals surface area contributed by atoms with Crippen LogP contribution in [0.2, 0.25) is 0 Å². The van der Waals surface area contributed by atoms with Gasteiger partial charge in [0.2, 0.25) is 0 Å². The highest BCUT2D eigenvalue weighted by Gasteiger charge is 2.32. The molecule has 1 aliphatic heterocycles. The SMILES string of the molecule is O=C(O)C(CN1CCC(c2ccccc2)C1)NC1CC1. The molecule has 1 heterocycles. The van der Waals surface area contributed by atoms with Gasteiger partial charge in [-0.1, -0.05) is 30.3 Å². The molecule has 3 rings (SSSR count). The first-order valence-electron chi connectivity index (χ1n) is 7.48. The molecule has 108 valence electrons. The highest BCUT2D eigenvalue weighted by Crippen LogP contribution is 2.27. The normalized spacial score (nSPS) is 24.7. The van der Waals surface area contributed by atoms with E-state index in [1.807, 2.05) is 6.07 Å². The van der Waals surface area contributed by atoms with Crippen LogP contribution >= 0.6 is 0 Å². The van der Waals surface area contributed by atoms with E-state index in [1.54, 1.807) is 0 Å². The summed E-state index contributed by atoms with van der Waals surface area (Å²) in [5, 5.41) is 12.5. The van der Waals surface area contributed by atoms with Crippen molar-refractivity contribution in [1.82, 2.24) is 10.2 Å². The standard InChI is InChI=1S/C16H22N2O2/c19-16(20)15(17-14-6-7-14)11-18-9-8-13(10-18)12-4-2-1-3-5-12/h1-5,13-15,17H,6-11H2,(H,19,20). The van der Waals surface area contributed by atoms with Gasteiger partial charge in [0.1, 0.15) is 6.04 Å². The van der Waals surface area contributed by atoms with E-state index >= 15 is 0 Å². The lowest BCUT2D eigenvalue weighted by molar-refractivity contribution is -0.140. The van der Waals surface area contributed by atoms with Crippen LogP contribution in [0.5, 0.6) is 0 Å². The van der Waals surface area contributed by atoms with E-state index in [1.165, 1.54) is 5.56 Å². The number of hydrogen-bond donors (Lipinski definition) is 2. The molecule has 1 aromatic carbocycles. The Morgan fingerprint density at radius 2 is 2.05 bits per heavy atom. The number of likely N-dealkylation sites (tertiary alicyclic amines) is 1. The Balaban J connectivity index is 1.55. The predicted octanol–water partition coefficient (Wildman–Crippen LogP) is 1.68. The maximum Gasteiger partial charge on any atom is 0.322 e. The zero-order chi connectivity index (χ0) is 13.9. The van der Waals surface area contributed by atoms with Gasteiger partial charge in [-0.15, -0.1) is 0 Å². The van der Waals surface area contributed by atoms with E-state index in [2.05, 4.69) is 34.5 Å². The zero-order valence-electron chi connectivity index (χ0n) is 11.7. The van der Waals surface area contributed by atoms with Gasteiger partial charge in [-0.3, -0.25) is 4.79 Å². The second kappa shape index (κ2) is 5.94. The number of nitrogens with zero attached hydrogens (tertiary/aromatic N) is 1. The van der Waals surface area contributed by atoms with E-state index in [9.17, 15) is 9.90 Å². The molecule has 0 amide bonds. The minimum absolute atomic E-state index is 0.419. The van der Waals surface area contributed by atoms with Gasteiger partial charge in [0, 0.05) is 19.1 Å². The van der Waals surface area contributed by atoms with Gasteiger partial charge in [-0.25, -0.2) is 0 Å². The molecule has 4 heteroatoms. The van der Waals surface area contributed by atoms with Crippen molar-refractivity contribution in [2.45, 2.75) is 37.3 Å². The topological polar surface area (TPSA) is 52.6 Å². The summed E-state index contributed by atoms with van der Waals surface area (Å²) in [5.41, 5.74) is 1.37. The van der Waals surface area contributed by atoms with E-state index in [-0.39, 0.29) is 0 Å². The van der Waals surface area contributed by atoms with E-state index in [4.69, 9.17) is 0 Å². The average molecular weight is 274 g/mol. The fraction of sp³-hybridized carbons (Fsp3) is 0.562. The second-order valence-electron chi connectivity index (χ2n) is 5.99. The lowest BCUT2D eigenvalue weighted by Gasteiger charge is -2.22. The molecule has 1 saturated heterocycles. The molecule has 20 heavy (non-hydrogen) atoms. The van der Waals surface area contributed by atoms with Crippen molar-refractivity contribution >= 4 is 5.97 Å². The van der Waals surface area contributed by atoms with E-state index in [0.29, 0.717) is 18.5 Å². The second-order valence-corrected chi connectivity index (χ2v) is 5.99. The van der Waals surface area contributed by atoms with E-state index < -0.39 is 12.0 Å². The van der Waals surface area contributed by atoms with Crippen LogP contribution < -0.4 is 5.32 Å². The van der Waals surface area contributed by atoms with Gasteiger partial charge in [0.25, 0.3) is 0 Å². The summed E-state index contributed by atoms with van der Waals surface area (Å²) in [6, 6.07) is 10.5. The van der Waals surface area contributed by atoms with Gasteiger partial charge < -0.3 is 15.3 Å². The Bertz CT molecular complexity index is 459. The molecule has 0 spiro atoms. The number of hydrogen-bond acceptors (Lipinski definition) is 3. The third-order valence-corrected chi connectivity index (χ3v) is 4.30. The fourth-order valence-electron chi connectivity index (χ4n) is 2.99. The van der Waals surface area contributed by atoms with Crippen molar-refractivity contribution in [2.75, 3.05) is 19.6 Å². The molecule has 1 aliphatic carbocycles. The number of aliphatic carboxylic acids is 1.